The molecule has 1 N–H and O–H groups in total. The zero-order chi connectivity index (χ0) is 19.5. The number of fused-ring (bicyclic) bond motifs is 1. The summed E-state index contributed by atoms with van der Waals surface area (Å²) in [5.74, 6) is -1.05. The van der Waals surface area contributed by atoms with Crippen molar-refractivity contribution in [1.29, 1.82) is 0 Å². The van der Waals surface area contributed by atoms with Crippen LogP contribution in [0.5, 0.6) is 0 Å². The Labute approximate surface area is 160 Å². The summed E-state index contributed by atoms with van der Waals surface area (Å²) in [6.07, 6.45) is 0. The van der Waals surface area contributed by atoms with Crippen LogP contribution in [0, 0.1) is 5.82 Å². The number of nitrogens with zero attached hydrogens (tertiary/aromatic N) is 1. The number of ketones is 1. The van der Waals surface area contributed by atoms with Crippen LogP contribution in [-0.2, 0) is 9.53 Å². The van der Waals surface area contributed by atoms with E-state index in [1.54, 1.807) is 18.2 Å². The molecule has 4 rings (SSSR count). The molecule has 0 saturated carbocycles. The molecule has 0 atom stereocenters. The summed E-state index contributed by atoms with van der Waals surface area (Å²) < 4.78 is 24.2. The lowest BCUT2D eigenvalue weighted by Crippen LogP contribution is -2.41. The second kappa shape index (κ2) is 7.92. The minimum Gasteiger partial charge on any atom is -0.450 e. The van der Waals surface area contributed by atoms with Gasteiger partial charge in [-0.25, -0.2) is 4.39 Å². The molecule has 3 aromatic rings. The molecule has 0 spiro atoms. The quantitative estimate of drug-likeness (QED) is 0.687. The molecule has 1 saturated heterocycles. The molecular weight excluding hydrogens is 363 g/mol. The first kappa shape index (κ1) is 18.3. The van der Waals surface area contributed by atoms with Gasteiger partial charge in [0.1, 0.15) is 11.4 Å². The van der Waals surface area contributed by atoms with Gasteiger partial charge in [-0.15, -0.1) is 0 Å². The first-order chi connectivity index (χ1) is 13.6. The van der Waals surface area contributed by atoms with Gasteiger partial charge in [-0.3, -0.25) is 14.5 Å². The van der Waals surface area contributed by atoms with Crippen LogP contribution in [0.4, 0.5) is 10.1 Å². The van der Waals surface area contributed by atoms with Crippen LogP contribution < -0.4 is 5.32 Å². The number of hydrogen-bond acceptors (Lipinski definition) is 5. The molecule has 0 unspecified atom stereocenters. The number of hydrogen-bond donors (Lipinski definition) is 1. The zero-order valence-electron chi connectivity index (χ0n) is 15.1. The van der Waals surface area contributed by atoms with E-state index in [2.05, 4.69) is 5.32 Å². The fourth-order valence-electron chi connectivity index (χ4n) is 3.20. The van der Waals surface area contributed by atoms with Gasteiger partial charge in [-0.2, -0.15) is 0 Å². The number of para-hydroxylation sites is 1. The topological polar surface area (TPSA) is 71.8 Å². The maximum atomic E-state index is 13.2. The number of ether oxygens (including phenoxy) is 1. The standard InChI is InChI=1S/C21H19FN2O4/c22-15-7-5-14(6-8-15)20(26)21-19(16-3-1-2-4-17(16)28-21)23-18(25)13-24-9-11-27-12-10-24/h1-8H,9-13H2,(H,23,25). The van der Waals surface area contributed by atoms with Gasteiger partial charge in [-0.1, -0.05) is 12.1 Å². The van der Waals surface area contributed by atoms with Crippen LogP contribution in [0.15, 0.2) is 52.9 Å². The highest BCUT2D eigenvalue weighted by Gasteiger charge is 2.24. The van der Waals surface area contributed by atoms with E-state index >= 15 is 0 Å². The maximum Gasteiger partial charge on any atom is 0.238 e. The summed E-state index contributed by atoms with van der Waals surface area (Å²) in [6, 6.07) is 12.3. The fourth-order valence-corrected chi connectivity index (χ4v) is 3.20. The van der Waals surface area contributed by atoms with Crippen molar-refractivity contribution in [1.82, 2.24) is 4.90 Å². The van der Waals surface area contributed by atoms with Crippen molar-refractivity contribution in [3.05, 3.63) is 65.7 Å². The second-order valence-corrected chi connectivity index (χ2v) is 6.58. The number of nitrogens with one attached hydrogen (secondary N) is 1. The number of morpholine rings is 1. The van der Waals surface area contributed by atoms with Crippen LogP contribution in [0.3, 0.4) is 0 Å². The third-order valence-electron chi connectivity index (χ3n) is 4.64. The van der Waals surface area contributed by atoms with Crippen molar-refractivity contribution in [3.63, 3.8) is 0 Å². The molecule has 7 heteroatoms. The number of carbonyl (C=O) groups excluding carboxylic acids is 2. The average molecular weight is 382 g/mol. The van der Waals surface area contributed by atoms with Crippen LogP contribution >= 0.6 is 0 Å². The van der Waals surface area contributed by atoms with Gasteiger partial charge in [0.15, 0.2) is 5.76 Å². The number of anilines is 1. The average Bonchev–Trinajstić information content (AvgIpc) is 3.07. The van der Waals surface area contributed by atoms with Crippen molar-refractivity contribution in [2.24, 2.45) is 0 Å². The predicted octanol–water partition coefficient (Wildman–Crippen LogP) is 3.07. The minimum atomic E-state index is -0.430. The molecule has 2 aromatic carbocycles. The SMILES string of the molecule is O=C(CN1CCOCC1)Nc1c(C(=O)c2ccc(F)cc2)oc2ccccc12. The highest BCUT2D eigenvalue weighted by atomic mass is 19.1. The Balaban J connectivity index is 1.64. The highest BCUT2D eigenvalue weighted by Crippen LogP contribution is 2.32. The van der Waals surface area contributed by atoms with Crippen LogP contribution in [0.2, 0.25) is 0 Å². The predicted molar refractivity (Wildman–Crippen MR) is 102 cm³/mol. The molecule has 1 aromatic heterocycles. The summed E-state index contributed by atoms with van der Waals surface area (Å²) in [5, 5.41) is 3.47. The summed E-state index contributed by atoms with van der Waals surface area (Å²) in [6.45, 7) is 2.75. The van der Waals surface area contributed by atoms with Gasteiger partial charge in [0, 0.05) is 24.0 Å². The van der Waals surface area contributed by atoms with E-state index in [4.69, 9.17) is 9.15 Å². The Bertz CT molecular complexity index is 1010. The lowest BCUT2D eigenvalue weighted by atomic mass is 10.1. The Kier molecular flexibility index (Phi) is 5.18. The normalized spacial score (nSPS) is 14.9. The zero-order valence-corrected chi connectivity index (χ0v) is 15.1. The first-order valence-electron chi connectivity index (χ1n) is 9.03. The van der Waals surface area contributed by atoms with Crippen molar-refractivity contribution < 1.29 is 23.1 Å². The minimum absolute atomic E-state index is 0.0307. The Morgan fingerprint density at radius 1 is 1.04 bits per heavy atom. The van der Waals surface area contributed by atoms with Gasteiger partial charge in [-0.05, 0) is 36.4 Å². The monoisotopic (exact) mass is 382 g/mol. The summed E-state index contributed by atoms with van der Waals surface area (Å²) in [4.78, 5) is 27.5. The molecule has 144 valence electrons. The van der Waals surface area contributed by atoms with Crippen molar-refractivity contribution in [3.8, 4) is 0 Å². The van der Waals surface area contributed by atoms with Crippen molar-refractivity contribution >= 4 is 28.3 Å². The number of benzene rings is 2. The number of halogens is 1. The molecule has 1 aliphatic heterocycles. The Hall–Kier alpha value is -3.03. The van der Waals surface area contributed by atoms with E-state index in [1.165, 1.54) is 24.3 Å². The molecule has 0 aliphatic carbocycles. The van der Waals surface area contributed by atoms with Crippen LogP contribution in [0.1, 0.15) is 16.1 Å². The van der Waals surface area contributed by atoms with Crippen molar-refractivity contribution in [2.75, 3.05) is 38.2 Å². The first-order valence-corrected chi connectivity index (χ1v) is 9.03. The summed E-state index contributed by atoms with van der Waals surface area (Å²) >= 11 is 0. The lowest BCUT2D eigenvalue weighted by molar-refractivity contribution is -0.118. The molecule has 1 fully saturated rings. The lowest BCUT2D eigenvalue weighted by Gasteiger charge is -2.25. The van der Waals surface area contributed by atoms with Gasteiger partial charge in [0.2, 0.25) is 11.7 Å². The van der Waals surface area contributed by atoms with Gasteiger partial charge in [0.25, 0.3) is 0 Å². The number of amides is 1. The third-order valence-corrected chi connectivity index (χ3v) is 4.64. The van der Waals surface area contributed by atoms with Gasteiger partial charge >= 0.3 is 0 Å². The number of rotatable bonds is 5. The molecule has 0 radical (unpaired) electrons. The van der Waals surface area contributed by atoms with Crippen LogP contribution in [0.25, 0.3) is 11.0 Å². The smallest absolute Gasteiger partial charge is 0.238 e. The third kappa shape index (κ3) is 3.81. The molecule has 2 heterocycles. The Morgan fingerprint density at radius 2 is 1.75 bits per heavy atom. The van der Waals surface area contributed by atoms with Crippen LogP contribution in [-0.4, -0.2) is 49.4 Å². The molecule has 28 heavy (non-hydrogen) atoms. The molecule has 1 amide bonds. The fraction of sp³-hybridized carbons (Fsp3) is 0.238. The maximum absolute atomic E-state index is 13.2. The van der Waals surface area contributed by atoms with E-state index in [0.29, 0.717) is 43.0 Å². The van der Waals surface area contributed by atoms with E-state index in [0.717, 1.165) is 0 Å². The second-order valence-electron chi connectivity index (χ2n) is 6.58. The van der Waals surface area contributed by atoms with Gasteiger partial charge < -0.3 is 14.5 Å². The van der Waals surface area contributed by atoms with E-state index in [1.807, 2.05) is 11.0 Å². The molecule has 6 nitrogen and oxygen atoms in total. The summed E-state index contributed by atoms with van der Waals surface area (Å²) in [5.41, 5.74) is 1.11. The largest absolute Gasteiger partial charge is 0.450 e. The molecular formula is C21H19FN2O4. The van der Waals surface area contributed by atoms with Gasteiger partial charge in [0.05, 0.1) is 25.4 Å². The Morgan fingerprint density at radius 3 is 2.50 bits per heavy atom. The molecule has 0 bridgehead atoms. The number of furan rings is 1. The van der Waals surface area contributed by atoms with E-state index in [9.17, 15) is 14.0 Å². The van der Waals surface area contributed by atoms with E-state index in [-0.39, 0.29) is 23.8 Å². The van der Waals surface area contributed by atoms with E-state index < -0.39 is 11.6 Å². The number of carbonyl (C=O) groups is 2. The highest BCUT2D eigenvalue weighted by molar-refractivity contribution is 6.17. The molecule has 1 aliphatic rings. The summed E-state index contributed by atoms with van der Waals surface area (Å²) in [7, 11) is 0. The van der Waals surface area contributed by atoms with Crippen molar-refractivity contribution in [2.45, 2.75) is 0 Å².